The molecule has 3 N–H and O–H groups in total. The number of primary amides is 1. The quantitative estimate of drug-likeness (QED) is 0.534. The van der Waals surface area contributed by atoms with Crippen LogP contribution in [-0.4, -0.2) is 21.7 Å². The van der Waals surface area contributed by atoms with Gasteiger partial charge >= 0.3 is 0 Å². The molecular weight excluding hydrogens is 132 g/mol. The second-order valence-corrected chi connectivity index (χ2v) is 2.57. The maximum Gasteiger partial charge on any atom is 0.245 e. The average molecular weight is 142 g/mol. The Bertz CT molecular complexity index is 190. The highest BCUT2D eigenvalue weighted by Crippen LogP contribution is 2.23. The number of amides is 1. The van der Waals surface area contributed by atoms with Gasteiger partial charge < -0.3 is 5.73 Å². The molecule has 0 fully saturated rings. The maximum atomic E-state index is 10.7. The van der Waals surface area contributed by atoms with Gasteiger partial charge in [0.05, 0.1) is 0 Å². The topological polar surface area (TPSA) is 66.6 Å². The van der Waals surface area contributed by atoms with Crippen LogP contribution in [0.2, 0.25) is 0 Å². The minimum atomic E-state index is -0.931. The van der Waals surface area contributed by atoms with Crippen LogP contribution in [0, 0.1) is 0 Å². The van der Waals surface area contributed by atoms with Crippen molar-refractivity contribution in [2.45, 2.75) is 18.9 Å². The van der Waals surface area contributed by atoms with Crippen molar-refractivity contribution in [2.75, 3.05) is 0 Å². The standard InChI is InChI=1S/C6H10N2O2/c1-6(5(7)9)3-2-4-8(6)10/h2,4,10H,3H2,1H3,(H2,7,9). The Morgan fingerprint density at radius 1 is 1.90 bits per heavy atom. The number of hydrogen-bond donors (Lipinski definition) is 2. The molecule has 0 bridgehead atoms. The third-order valence-corrected chi connectivity index (χ3v) is 1.80. The minimum Gasteiger partial charge on any atom is -0.368 e. The molecule has 1 heterocycles. The van der Waals surface area contributed by atoms with Gasteiger partial charge in [0.2, 0.25) is 5.91 Å². The van der Waals surface area contributed by atoms with E-state index in [1.165, 1.54) is 6.20 Å². The first-order valence-electron chi connectivity index (χ1n) is 3.02. The summed E-state index contributed by atoms with van der Waals surface area (Å²) >= 11 is 0. The Hall–Kier alpha value is -1.03. The Morgan fingerprint density at radius 2 is 2.50 bits per heavy atom. The lowest BCUT2D eigenvalue weighted by Crippen LogP contribution is -2.49. The second kappa shape index (κ2) is 1.98. The van der Waals surface area contributed by atoms with Crippen LogP contribution in [-0.2, 0) is 4.79 Å². The number of nitrogens with zero attached hydrogens (tertiary/aromatic N) is 1. The lowest BCUT2D eigenvalue weighted by atomic mass is 10.00. The summed E-state index contributed by atoms with van der Waals surface area (Å²) in [6, 6.07) is 0. The number of carbonyl (C=O) groups is 1. The highest BCUT2D eigenvalue weighted by molar-refractivity contribution is 5.84. The summed E-state index contributed by atoms with van der Waals surface area (Å²) in [6.45, 7) is 1.59. The van der Waals surface area contributed by atoms with Crippen LogP contribution in [0.25, 0.3) is 0 Å². The predicted molar refractivity (Wildman–Crippen MR) is 35.0 cm³/mol. The van der Waals surface area contributed by atoms with Gasteiger partial charge in [0, 0.05) is 12.6 Å². The van der Waals surface area contributed by atoms with Crippen molar-refractivity contribution in [1.82, 2.24) is 5.06 Å². The molecule has 0 aliphatic carbocycles. The number of carbonyl (C=O) groups excluding carboxylic acids is 1. The third-order valence-electron chi connectivity index (χ3n) is 1.80. The van der Waals surface area contributed by atoms with E-state index in [2.05, 4.69) is 0 Å². The lowest BCUT2D eigenvalue weighted by Gasteiger charge is -2.27. The lowest BCUT2D eigenvalue weighted by molar-refractivity contribution is -0.151. The molecule has 0 saturated carbocycles. The van der Waals surface area contributed by atoms with Gasteiger partial charge in [-0.05, 0) is 6.92 Å². The molecule has 1 atom stereocenters. The Morgan fingerprint density at radius 3 is 2.70 bits per heavy atom. The first-order valence-corrected chi connectivity index (χ1v) is 3.02. The van der Waals surface area contributed by atoms with Crippen molar-refractivity contribution in [1.29, 1.82) is 0 Å². The van der Waals surface area contributed by atoms with E-state index >= 15 is 0 Å². The first-order chi connectivity index (χ1) is 4.57. The van der Waals surface area contributed by atoms with E-state index in [9.17, 15) is 4.79 Å². The molecule has 1 rings (SSSR count). The summed E-state index contributed by atoms with van der Waals surface area (Å²) in [4.78, 5) is 10.7. The van der Waals surface area contributed by atoms with E-state index < -0.39 is 11.4 Å². The van der Waals surface area contributed by atoms with Crippen molar-refractivity contribution >= 4 is 5.91 Å². The van der Waals surface area contributed by atoms with E-state index in [0.29, 0.717) is 6.42 Å². The molecule has 0 radical (unpaired) electrons. The zero-order valence-electron chi connectivity index (χ0n) is 5.74. The van der Waals surface area contributed by atoms with Crippen molar-refractivity contribution < 1.29 is 10.0 Å². The van der Waals surface area contributed by atoms with Crippen molar-refractivity contribution in [3.8, 4) is 0 Å². The monoisotopic (exact) mass is 142 g/mol. The normalized spacial score (nSPS) is 31.2. The van der Waals surface area contributed by atoms with Crippen LogP contribution >= 0.6 is 0 Å². The molecule has 4 nitrogen and oxygen atoms in total. The molecule has 1 unspecified atom stereocenters. The highest BCUT2D eigenvalue weighted by atomic mass is 16.5. The fraction of sp³-hybridized carbons (Fsp3) is 0.500. The van der Waals surface area contributed by atoms with Gasteiger partial charge in [-0.25, -0.2) is 5.06 Å². The number of rotatable bonds is 1. The largest absolute Gasteiger partial charge is 0.368 e. The van der Waals surface area contributed by atoms with Crippen molar-refractivity contribution in [2.24, 2.45) is 5.73 Å². The molecule has 10 heavy (non-hydrogen) atoms. The summed E-state index contributed by atoms with van der Waals surface area (Å²) in [5.74, 6) is -0.514. The molecule has 0 aromatic carbocycles. The Balaban J connectivity index is 2.80. The van der Waals surface area contributed by atoms with Gasteiger partial charge in [-0.2, -0.15) is 0 Å². The molecule has 0 saturated heterocycles. The summed E-state index contributed by atoms with van der Waals surface area (Å²) in [5.41, 5.74) is 4.11. The fourth-order valence-electron chi connectivity index (χ4n) is 0.854. The van der Waals surface area contributed by atoms with E-state index in [-0.39, 0.29) is 0 Å². The van der Waals surface area contributed by atoms with Gasteiger partial charge in [-0.3, -0.25) is 10.0 Å². The number of hydroxylamine groups is 2. The maximum absolute atomic E-state index is 10.7. The van der Waals surface area contributed by atoms with Gasteiger partial charge in [-0.1, -0.05) is 6.08 Å². The van der Waals surface area contributed by atoms with Crippen LogP contribution < -0.4 is 5.73 Å². The Kier molecular flexibility index (Phi) is 1.40. The highest BCUT2D eigenvalue weighted by Gasteiger charge is 2.37. The molecule has 1 aliphatic heterocycles. The van der Waals surface area contributed by atoms with E-state index in [1.54, 1.807) is 13.0 Å². The summed E-state index contributed by atoms with van der Waals surface area (Å²) < 4.78 is 0. The summed E-state index contributed by atoms with van der Waals surface area (Å²) in [5, 5.41) is 9.91. The molecule has 0 aromatic heterocycles. The van der Waals surface area contributed by atoms with Crippen LogP contribution in [0.4, 0.5) is 0 Å². The molecule has 0 aromatic rings. The van der Waals surface area contributed by atoms with Crippen LogP contribution in [0.15, 0.2) is 12.3 Å². The van der Waals surface area contributed by atoms with Crippen LogP contribution in [0.1, 0.15) is 13.3 Å². The van der Waals surface area contributed by atoms with Gasteiger partial charge in [0.25, 0.3) is 0 Å². The Labute approximate surface area is 58.9 Å². The molecule has 56 valence electrons. The van der Waals surface area contributed by atoms with E-state index in [0.717, 1.165) is 5.06 Å². The van der Waals surface area contributed by atoms with Gasteiger partial charge in [0.15, 0.2) is 0 Å². The van der Waals surface area contributed by atoms with E-state index in [4.69, 9.17) is 10.9 Å². The third kappa shape index (κ3) is 0.769. The average Bonchev–Trinajstić information content (AvgIpc) is 2.15. The van der Waals surface area contributed by atoms with Crippen LogP contribution in [0.5, 0.6) is 0 Å². The summed E-state index contributed by atoms with van der Waals surface area (Å²) in [7, 11) is 0. The number of nitrogens with two attached hydrogens (primary N) is 1. The van der Waals surface area contributed by atoms with Gasteiger partial charge in [-0.15, -0.1) is 0 Å². The molecule has 1 aliphatic rings. The summed E-state index contributed by atoms with van der Waals surface area (Å²) in [6.07, 6.45) is 3.61. The predicted octanol–water partition coefficient (Wildman–Crippen LogP) is -0.161. The van der Waals surface area contributed by atoms with Gasteiger partial charge in [0.1, 0.15) is 5.54 Å². The SMILES string of the molecule is CC1(C(N)=O)CC=CN1O. The molecule has 0 spiro atoms. The molecule has 4 heteroatoms. The van der Waals surface area contributed by atoms with Crippen molar-refractivity contribution in [3.63, 3.8) is 0 Å². The van der Waals surface area contributed by atoms with Crippen molar-refractivity contribution in [3.05, 3.63) is 12.3 Å². The van der Waals surface area contributed by atoms with Crippen LogP contribution in [0.3, 0.4) is 0 Å². The van der Waals surface area contributed by atoms with E-state index in [1.807, 2.05) is 0 Å². The smallest absolute Gasteiger partial charge is 0.245 e. The zero-order valence-corrected chi connectivity index (χ0v) is 5.74. The molecule has 1 amide bonds. The number of hydrogen-bond acceptors (Lipinski definition) is 3. The molecular formula is C6H10N2O2. The fourth-order valence-corrected chi connectivity index (χ4v) is 0.854. The zero-order chi connectivity index (χ0) is 7.78. The second-order valence-electron chi connectivity index (χ2n) is 2.57. The minimum absolute atomic E-state index is 0.471. The first kappa shape index (κ1) is 7.08.